The number of hydrogen-bond donors (Lipinski definition) is 0. The van der Waals surface area contributed by atoms with Crippen LogP contribution in [0.1, 0.15) is 22.3 Å². The highest BCUT2D eigenvalue weighted by atomic mass is 16.3. The summed E-state index contributed by atoms with van der Waals surface area (Å²) in [6.45, 7) is 0. The first-order chi connectivity index (χ1) is 30.7. The molecular formula is C58H37N3O. The van der Waals surface area contributed by atoms with Crippen molar-refractivity contribution in [1.82, 2.24) is 15.0 Å². The van der Waals surface area contributed by atoms with Gasteiger partial charge in [0.15, 0.2) is 11.4 Å². The van der Waals surface area contributed by atoms with Gasteiger partial charge in [0.1, 0.15) is 11.1 Å². The van der Waals surface area contributed by atoms with Crippen LogP contribution in [-0.4, -0.2) is 15.0 Å². The lowest BCUT2D eigenvalue weighted by Gasteiger charge is -2.34. The Morgan fingerprint density at radius 3 is 1.60 bits per heavy atom. The van der Waals surface area contributed by atoms with Gasteiger partial charge in [0, 0.05) is 33.8 Å². The predicted molar refractivity (Wildman–Crippen MR) is 252 cm³/mol. The predicted octanol–water partition coefficient (Wildman–Crippen LogP) is 14.5. The van der Waals surface area contributed by atoms with Crippen LogP contribution >= 0.6 is 0 Å². The van der Waals surface area contributed by atoms with E-state index in [9.17, 15) is 0 Å². The summed E-state index contributed by atoms with van der Waals surface area (Å²) in [5.41, 5.74) is 18.0. The van der Waals surface area contributed by atoms with Crippen LogP contribution in [0.4, 0.5) is 0 Å². The van der Waals surface area contributed by atoms with Crippen molar-refractivity contribution in [1.29, 1.82) is 0 Å². The Labute approximate surface area is 359 Å². The molecule has 3 heterocycles. The SMILES string of the molecule is c1ccc(-c2cc(-c3ccccc3)nc(-c3cc(-c4cccc5c4-c4ccccc4C5(c4ccccc4)c4ccccc4)cc(-c4ccnc5c4oc4ccccc45)c3)n2)cc1. The topological polar surface area (TPSA) is 51.8 Å². The summed E-state index contributed by atoms with van der Waals surface area (Å²) >= 11 is 0. The third-order valence-corrected chi connectivity index (χ3v) is 12.4. The largest absolute Gasteiger partial charge is 0.454 e. The fourth-order valence-corrected chi connectivity index (χ4v) is 9.72. The molecule has 1 aliphatic rings. The van der Waals surface area contributed by atoms with Crippen LogP contribution in [-0.2, 0) is 5.41 Å². The maximum atomic E-state index is 6.64. The number of aromatic nitrogens is 3. The normalized spacial score (nSPS) is 12.6. The first-order valence-electron chi connectivity index (χ1n) is 21.0. The van der Waals surface area contributed by atoms with Crippen molar-refractivity contribution in [2.75, 3.05) is 0 Å². The number of fused-ring (bicyclic) bond motifs is 6. The lowest BCUT2D eigenvalue weighted by molar-refractivity contribution is 0.669. The van der Waals surface area contributed by atoms with Gasteiger partial charge in [-0.2, -0.15) is 0 Å². The van der Waals surface area contributed by atoms with Crippen molar-refractivity contribution in [3.05, 3.63) is 247 Å². The van der Waals surface area contributed by atoms with Crippen LogP contribution in [0.5, 0.6) is 0 Å². The van der Waals surface area contributed by atoms with E-state index in [1.807, 2.05) is 36.5 Å². The molecule has 11 aromatic rings. The Balaban J connectivity index is 1.16. The number of furan rings is 1. The molecule has 0 saturated heterocycles. The molecule has 0 spiro atoms. The summed E-state index contributed by atoms with van der Waals surface area (Å²) in [6, 6.07) is 77.4. The van der Waals surface area contributed by atoms with E-state index in [1.165, 1.54) is 33.4 Å². The lowest BCUT2D eigenvalue weighted by Crippen LogP contribution is -2.28. The van der Waals surface area contributed by atoms with E-state index in [4.69, 9.17) is 19.4 Å². The minimum atomic E-state index is -0.534. The number of nitrogens with zero attached hydrogens (tertiary/aromatic N) is 3. The molecule has 8 aromatic carbocycles. The van der Waals surface area contributed by atoms with E-state index in [1.54, 1.807) is 0 Å². The van der Waals surface area contributed by atoms with E-state index in [2.05, 4.69) is 188 Å². The molecule has 0 aliphatic heterocycles. The third-order valence-electron chi connectivity index (χ3n) is 12.4. The number of pyridine rings is 1. The molecule has 1 aliphatic carbocycles. The summed E-state index contributed by atoms with van der Waals surface area (Å²) in [5.74, 6) is 0.638. The maximum absolute atomic E-state index is 6.64. The van der Waals surface area contributed by atoms with Crippen molar-refractivity contribution in [3.8, 4) is 67.3 Å². The van der Waals surface area contributed by atoms with Crippen LogP contribution in [0.2, 0.25) is 0 Å². The van der Waals surface area contributed by atoms with Crippen molar-refractivity contribution < 1.29 is 4.42 Å². The summed E-state index contributed by atoms with van der Waals surface area (Å²) in [6.07, 6.45) is 1.89. The highest BCUT2D eigenvalue weighted by Gasteiger charge is 2.46. The maximum Gasteiger partial charge on any atom is 0.161 e. The monoisotopic (exact) mass is 791 g/mol. The smallest absolute Gasteiger partial charge is 0.161 e. The number of para-hydroxylation sites is 1. The van der Waals surface area contributed by atoms with Gasteiger partial charge in [0.25, 0.3) is 0 Å². The van der Waals surface area contributed by atoms with Gasteiger partial charge < -0.3 is 4.42 Å². The molecule has 62 heavy (non-hydrogen) atoms. The summed E-state index contributed by atoms with van der Waals surface area (Å²) in [4.78, 5) is 15.5. The van der Waals surface area contributed by atoms with Gasteiger partial charge in [-0.15, -0.1) is 0 Å². The Hall–Kier alpha value is -8.21. The van der Waals surface area contributed by atoms with Crippen molar-refractivity contribution in [3.63, 3.8) is 0 Å². The average Bonchev–Trinajstić information content (AvgIpc) is 3.89. The molecule has 0 bridgehead atoms. The molecule has 0 saturated carbocycles. The molecule has 290 valence electrons. The first-order valence-corrected chi connectivity index (χ1v) is 21.0. The minimum absolute atomic E-state index is 0.534. The van der Waals surface area contributed by atoms with Gasteiger partial charge in [-0.25, -0.2) is 9.97 Å². The molecule has 0 N–H and O–H groups in total. The van der Waals surface area contributed by atoms with Crippen molar-refractivity contribution in [2.45, 2.75) is 5.41 Å². The van der Waals surface area contributed by atoms with Crippen LogP contribution in [0, 0.1) is 0 Å². The highest BCUT2D eigenvalue weighted by Crippen LogP contribution is 2.58. The Bertz CT molecular complexity index is 3350. The van der Waals surface area contributed by atoms with Gasteiger partial charge in [-0.05, 0) is 92.5 Å². The van der Waals surface area contributed by atoms with E-state index >= 15 is 0 Å². The second kappa shape index (κ2) is 14.5. The zero-order valence-corrected chi connectivity index (χ0v) is 33.6. The van der Waals surface area contributed by atoms with E-state index in [0.29, 0.717) is 5.82 Å². The molecule has 4 nitrogen and oxygen atoms in total. The van der Waals surface area contributed by atoms with Gasteiger partial charge in [-0.3, -0.25) is 4.98 Å². The van der Waals surface area contributed by atoms with Gasteiger partial charge in [0.05, 0.1) is 16.8 Å². The minimum Gasteiger partial charge on any atom is -0.454 e. The lowest BCUT2D eigenvalue weighted by atomic mass is 9.67. The standard InChI is InChI=1S/C58H37N3O/c1-5-18-38(19-6-1)51-37-52(39-20-7-2-8-21-39)61-57(60-51)42-35-40(34-41(36-42)46-32-33-59-55-48-27-14-16-31-53(48)62-56(46)55)45-28-17-30-50-54(45)47-26-13-15-29-49(47)58(50,43-22-9-3-10-23-43)44-24-11-4-12-25-44/h1-37H. The Morgan fingerprint density at radius 2 is 0.919 bits per heavy atom. The highest BCUT2D eigenvalue weighted by molar-refractivity contribution is 6.08. The zero-order chi connectivity index (χ0) is 41.0. The van der Waals surface area contributed by atoms with Gasteiger partial charge >= 0.3 is 0 Å². The summed E-state index contributed by atoms with van der Waals surface area (Å²) < 4.78 is 6.64. The third kappa shape index (κ3) is 5.65. The Kier molecular flexibility index (Phi) is 8.36. The molecule has 0 amide bonds. The second-order valence-corrected chi connectivity index (χ2v) is 15.9. The Morgan fingerprint density at radius 1 is 0.387 bits per heavy atom. The van der Waals surface area contributed by atoms with Crippen molar-refractivity contribution >= 4 is 22.1 Å². The number of hydrogen-bond acceptors (Lipinski definition) is 4. The quantitative estimate of drug-likeness (QED) is 0.161. The molecule has 12 rings (SSSR count). The van der Waals surface area contributed by atoms with Crippen LogP contribution < -0.4 is 0 Å². The molecule has 0 fully saturated rings. The van der Waals surface area contributed by atoms with Crippen molar-refractivity contribution in [2.24, 2.45) is 0 Å². The molecule has 0 atom stereocenters. The molecule has 4 heteroatoms. The summed E-state index contributed by atoms with van der Waals surface area (Å²) in [7, 11) is 0. The van der Waals surface area contributed by atoms with E-state index in [0.717, 1.165) is 72.4 Å². The zero-order valence-electron chi connectivity index (χ0n) is 33.6. The first kappa shape index (κ1) is 35.7. The van der Waals surface area contributed by atoms with Crippen LogP contribution in [0.3, 0.4) is 0 Å². The molecule has 0 radical (unpaired) electrons. The van der Waals surface area contributed by atoms with Crippen LogP contribution in [0.25, 0.3) is 89.4 Å². The molecule has 3 aromatic heterocycles. The summed E-state index contributed by atoms with van der Waals surface area (Å²) in [5, 5.41) is 0.989. The average molecular weight is 792 g/mol. The van der Waals surface area contributed by atoms with Crippen LogP contribution in [0.15, 0.2) is 229 Å². The fourth-order valence-electron chi connectivity index (χ4n) is 9.72. The number of rotatable bonds is 7. The molecule has 0 unspecified atom stereocenters. The number of benzene rings is 8. The van der Waals surface area contributed by atoms with E-state index in [-0.39, 0.29) is 0 Å². The molecular weight excluding hydrogens is 755 g/mol. The van der Waals surface area contributed by atoms with Gasteiger partial charge in [0.2, 0.25) is 0 Å². The fraction of sp³-hybridized carbons (Fsp3) is 0.0172. The van der Waals surface area contributed by atoms with E-state index < -0.39 is 5.41 Å². The van der Waals surface area contributed by atoms with Gasteiger partial charge in [-0.1, -0.05) is 176 Å². The second-order valence-electron chi connectivity index (χ2n) is 15.9.